The van der Waals surface area contributed by atoms with Crippen LogP contribution < -0.4 is 21.3 Å². The van der Waals surface area contributed by atoms with Gasteiger partial charge < -0.3 is 29.6 Å². The van der Waals surface area contributed by atoms with Gasteiger partial charge in [-0.15, -0.1) is 0 Å². The highest BCUT2D eigenvalue weighted by atomic mass is 16.6. The number of carboxylic acids is 1. The summed E-state index contributed by atoms with van der Waals surface area (Å²) >= 11 is 0. The summed E-state index contributed by atoms with van der Waals surface area (Å²) in [5.74, 6) is -1.89. The van der Waals surface area contributed by atoms with Gasteiger partial charge in [-0.2, -0.15) is 0 Å². The monoisotopic (exact) mass is 582 g/mol. The third-order valence-electron chi connectivity index (χ3n) is 6.98. The molecule has 0 fully saturated rings. The summed E-state index contributed by atoms with van der Waals surface area (Å²) < 4.78 is 12.4. The van der Waals surface area contributed by atoms with Crippen molar-refractivity contribution in [3.8, 4) is 5.75 Å². The minimum absolute atomic E-state index is 0.145. The molecule has 2 aliphatic rings. The molecule has 0 saturated carbocycles. The van der Waals surface area contributed by atoms with E-state index in [0.29, 0.717) is 36.3 Å². The van der Waals surface area contributed by atoms with Crippen LogP contribution in [0.5, 0.6) is 5.75 Å². The number of phenols is 1. The van der Waals surface area contributed by atoms with Crippen LogP contribution in [-0.2, 0) is 37.0 Å². The molecule has 0 radical (unpaired) electrons. The largest absolute Gasteiger partial charge is 0.508 e. The number of aliphatic carboxylic acids is 1. The van der Waals surface area contributed by atoms with Crippen molar-refractivity contribution in [1.29, 1.82) is 0 Å². The van der Waals surface area contributed by atoms with E-state index in [0.717, 1.165) is 27.2 Å². The molecule has 0 aliphatic carbocycles. The van der Waals surface area contributed by atoms with E-state index >= 15 is 0 Å². The lowest BCUT2D eigenvalue weighted by atomic mass is 9.95. The van der Waals surface area contributed by atoms with Crippen molar-refractivity contribution in [2.24, 2.45) is 0 Å². The molecule has 42 heavy (non-hydrogen) atoms. The Kier molecular flexibility index (Phi) is 12.3. The number of aromatic nitrogens is 1. The van der Waals surface area contributed by atoms with Crippen molar-refractivity contribution in [2.45, 2.75) is 86.6 Å². The minimum atomic E-state index is -1.30. The third-order valence-corrected chi connectivity index (χ3v) is 6.98. The number of benzene rings is 1. The maximum absolute atomic E-state index is 13.5. The lowest BCUT2D eigenvalue weighted by molar-refractivity contribution is -0.172. The minimum Gasteiger partial charge on any atom is -0.508 e. The van der Waals surface area contributed by atoms with E-state index in [9.17, 15) is 24.3 Å². The predicted octanol–water partition coefficient (Wildman–Crippen LogP) is 3.16. The van der Waals surface area contributed by atoms with Crippen molar-refractivity contribution in [3.63, 3.8) is 0 Å². The number of hydrogen-bond acceptors (Lipinski definition) is 8. The number of likely N-dealkylation sites (N-methyl/N-ethyl adjacent to an activating group) is 1. The van der Waals surface area contributed by atoms with Crippen LogP contribution in [0.25, 0.3) is 17.7 Å². The van der Waals surface area contributed by atoms with Gasteiger partial charge in [-0.1, -0.05) is 47.3 Å². The number of carboxylic acid groups (broad SMARTS) is 1. The number of phenolic OH excluding ortho intramolecular Hbond substituents is 1. The number of aromatic hydroxyl groups is 1. The molecule has 0 bridgehead atoms. The number of nitrogens with one attached hydrogen (secondary N) is 1. The summed E-state index contributed by atoms with van der Waals surface area (Å²) in [6.45, 7) is 17.9. The number of ether oxygens (including phenoxy) is 2. The molecule has 0 amide bonds. The Hall–Kier alpha value is -4.18. The maximum atomic E-state index is 13.5. The highest BCUT2D eigenvalue weighted by molar-refractivity contribution is 5.86. The first-order chi connectivity index (χ1) is 19.9. The number of nitrogens with zero attached hydrogens (tertiary/aromatic N) is 1. The zero-order valence-electron chi connectivity index (χ0n) is 25.5. The Balaban J connectivity index is 0.000000797. The third kappa shape index (κ3) is 7.36. The fraction of sp³-hybridized carbons (Fsp3) is 0.438. The molecule has 1 aromatic heterocycles. The Morgan fingerprint density at radius 2 is 1.81 bits per heavy atom. The number of esters is 2. The van der Waals surface area contributed by atoms with Crippen LogP contribution in [-0.4, -0.2) is 45.3 Å². The predicted molar refractivity (Wildman–Crippen MR) is 161 cm³/mol. The molecule has 2 atom stereocenters. The van der Waals surface area contributed by atoms with Crippen molar-refractivity contribution >= 4 is 35.6 Å². The molecule has 0 saturated heterocycles. The highest BCUT2D eigenvalue weighted by Crippen LogP contribution is 2.36. The second kappa shape index (κ2) is 15.2. The van der Waals surface area contributed by atoms with Crippen LogP contribution in [0.1, 0.15) is 84.2 Å². The van der Waals surface area contributed by atoms with E-state index in [4.69, 9.17) is 14.6 Å². The molecular formula is C32H42N2O8. The lowest BCUT2D eigenvalue weighted by Crippen LogP contribution is -2.39. The van der Waals surface area contributed by atoms with Gasteiger partial charge in [0.2, 0.25) is 6.10 Å². The van der Waals surface area contributed by atoms with Crippen LogP contribution in [0.3, 0.4) is 0 Å². The number of fused-ring (bicyclic) bond motifs is 2. The van der Waals surface area contributed by atoms with Gasteiger partial charge in [0.1, 0.15) is 18.4 Å². The van der Waals surface area contributed by atoms with Crippen molar-refractivity contribution in [1.82, 2.24) is 9.88 Å². The molecule has 10 nitrogen and oxygen atoms in total. The molecule has 228 valence electrons. The molecule has 3 heterocycles. The Morgan fingerprint density at radius 1 is 1.17 bits per heavy atom. The number of cyclic esters (lactones) is 1. The topological polar surface area (TPSA) is 144 Å². The summed E-state index contributed by atoms with van der Waals surface area (Å²) in [6, 6.07) is 6.20. The normalized spacial score (nSPS) is 16.5. The highest BCUT2D eigenvalue weighted by Gasteiger charge is 2.38. The van der Waals surface area contributed by atoms with E-state index in [-0.39, 0.29) is 24.3 Å². The molecule has 2 aliphatic heterocycles. The van der Waals surface area contributed by atoms with Gasteiger partial charge in [-0.05, 0) is 72.2 Å². The van der Waals surface area contributed by atoms with E-state index in [1.807, 2.05) is 34.6 Å². The van der Waals surface area contributed by atoms with E-state index in [2.05, 4.69) is 11.9 Å². The van der Waals surface area contributed by atoms with Crippen molar-refractivity contribution in [2.75, 3.05) is 6.54 Å². The van der Waals surface area contributed by atoms with E-state index in [1.54, 1.807) is 42.7 Å². The molecule has 10 heteroatoms. The molecule has 0 spiro atoms. The fourth-order valence-corrected chi connectivity index (χ4v) is 4.78. The number of pyridine rings is 1. The number of allylic oxidation sites excluding steroid dienone is 2. The molecule has 4 rings (SSSR count). The van der Waals surface area contributed by atoms with Gasteiger partial charge in [0.05, 0.1) is 12.1 Å². The summed E-state index contributed by atoms with van der Waals surface area (Å²) in [5, 5.41) is 22.3. The van der Waals surface area contributed by atoms with E-state index < -0.39 is 30.1 Å². The van der Waals surface area contributed by atoms with Gasteiger partial charge in [-0.25, -0.2) is 4.79 Å². The standard InChI is InChI=1S/C27H30N2O6.C3H6O2.C2H6/c1-6-18(19-10-17(30)9-8-14(19)3)21-12-29-23(15(21)4)11-20-22(25(29)31)13-34-27(33)24(20)35-26(32)16(5)28-7-2;1-2-3(4)5;1-2/h8-11,16,24,28,30H,3,6-7,12-13H2,1-2,4-5H3;2H2,1H3,(H,4,5);1-2H3/b19-18-;;/t16?,24-;;/m0../s1. The second-order valence-corrected chi connectivity index (χ2v) is 9.58. The van der Waals surface area contributed by atoms with Crippen LogP contribution in [0, 0.1) is 0 Å². The molecular weight excluding hydrogens is 540 g/mol. The van der Waals surface area contributed by atoms with Crippen molar-refractivity contribution < 1.29 is 34.1 Å². The zero-order valence-corrected chi connectivity index (χ0v) is 25.5. The average Bonchev–Trinajstić information content (AvgIpc) is 3.30. The van der Waals surface area contributed by atoms with Crippen LogP contribution in [0.2, 0.25) is 0 Å². The number of carbonyl (C=O) groups is 3. The number of rotatable bonds is 7. The molecule has 1 unspecified atom stereocenters. The van der Waals surface area contributed by atoms with Crippen LogP contribution >= 0.6 is 0 Å². The first-order valence-electron chi connectivity index (χ1n) is 14.2. The maximum Gasteiger partial charge on any atom is 0.352 e. The van der Waals surface area contributed by atoms with Gasteiger partial charge in [0.25, 0.3) is 5.56 Å². The van der Waals surface area contributed by atoms with Crippen LogP contribution in [0.15, 0.2) is 34.6 Å². The molecule has 2 aromatic rings. The zero-order chi connectivity index (χ0) is 31.7. The van der Waals surface area contributed by atoms with Gasteiger partial charge >= 0.3 is 17.9 Å². The molecule has 1 aromatic carbocycles. The average molecular weight is 583 g/mol. The quantitative estimate of drug-likeness (QED) is 0.419. The van der Waals surface area contributed by atoms with Crippen molar-refractivity contribution in [3.05, 3.63) is 67.5 Å². The summed E-state index contributed by atoms with van der Waals surface area (Å²) in [6.07, 6.45) is -0.402. The van der Waals surface area contributed by atoms with Gasteiger partial charge in [-0.3, -0.25) is 14.4 Å². The first kappa shape index (κ1) is 34.0. The van der Waals surface area contributed by atoms with Gasteiger partial charge in [0, 0.05) is 17.7 Å². The summed E-state index contributed by atoms with van der Waals surface area (Å²) in [4.78, 5) is 47.9. The summed E-state index contributed by atoms with van der Waals surface area (Å²) in [7, 11) is 0. The summed E-state index contributed by atoms with van der Waals surface area (Å²) in [5.41, 5.74) is 3.89. The first-order valence-corrected chi connectivity index (χ1v) is 14.2. The SMILES string of the molecule is C=c1ccc(O)c/c1=C(\CC)C1=C(C)c2cc3c(c(=O)n2C1)COC(=O)[C@H]3OC(=O)C(C)NCC.CC.CCC(=O)O. The smallest absolute Gasteiger partial charge is 0.352 e. The Bertz CT molecular complexity index is 1540. The van der Waals surface area contributed by atoms with Gasteiger partial charge in [0.15, 0.2) is 0 Å². The Morgan fingerprint density at radius 3 is 2.38 bits per heavy atom. The number of carbonyl (C=O) groups excluding carboxylic acids is 2. The molecule has 3 N–H and O–H groups in total. The van der Waals surface area contributed by atoms with Crippen LogP contribution in [0.4, 0.5) is 0 Å². The van der Waals surface area contributed by atoms with E-state index in [1.165, 1.54) is 0 Å². The second-order valence-electron chi connectivity index (χ2n) is 9.58. The Labute approximate surface area is 246 Å². The fourth-order valence-electron chi connectivity index (χ4n) is 4.78. The number of hydrogen-bond donors (Lipinski definition) is 3. The lowest BCUT2D eigenvalue weighted by Gasteiger charge is -2.26.